The summed E-state index contributed by atoms with van der Waals surface area (Å²) >= 11 is 0. The second-order valence-corrected chi connectivity index (χ2v) is 3.42. The molecule has 1 rings (SSSR count). The van der Waals surface area contributed by atoms with Gasteiger partial charge in [-0.05, 0) is 25.5 Å². The average Bonchev–Trinajstić information content (AvgIpc) is 2.23. The van der Waals surface area contributed by atoms with Gasteiger partial charge >= 0.3 is 5.97 Å². The first kappa shape index (κ1) is 13.3. The summed E-state index contributed by atoms with van der Waals surface area (Å²) in [6.45, 7) is 3.21. The van der Waals surface area contributed by atoms with Crippen molar-refractivity contribution in [2.75, 3.05) is 6.61 Å². The van der Waals surface area contributed by atoms with Crippen LogP contribution in [0.4, 0.5) is 8.78 Å². The lowest BCUT2D eigenvalue weighted by Crippen LogP contribution is -2.11. The Balaban J connectivity index is 3.04. The molecular formula is C11H13F2NO3. The Labute approximate surface area is 97.2 Å². The molecule has 1 heterocycles. The highest BCUT2D eigenvalue weighted by Crippen LogP contribution is 2.26. The summed E-state index contributed by atoms with van der Waals surface area (Å²) in [7, 11) is 0. The van der Waals surface area contributed by atoms with Crippen molar-refractivity contribution in [1.82, 2.24) is 4.98 Å². The molecule has 1 N–H and O–H groups in total. The van der Waals surface area contributed by atoms with Crippen molar-refractivity contribution in [3.63, 3.8) is 0 Å². The molecule has 0 radical (unpaired) electrons. The highest BCUT2D eigenvalue weighted by atomic mass is 19.3. The van der Waals surface area contributed by atoms with Crippen molar-refractivity contribution in [3.8, 4) is 5.75 Å². The van der Waals surface area contributed by atoms with E-state index in [1.165, 1.54) is 6.92 Å². The molecule has 0 aliphatic carbocycles. The first-order chi connectivity index (χ1) is 7.95. The van der Waals surface area contributed by atoms with Gasteiger partial charge in [0.1, 0.15) is 11.4 Å². The Morgan fingerprint density at radius 1 is 1.59 bits per heavy atom. The van der Waals surface area contributed by atoms with Crippen LogP contribution in [0.2, 0.25) is 0 Å². The minimum absolute atomic E-state index is 0.0125. The quantitative estimate of drug-likeness (QED) is 0.825. The summed E-state index contributed by atoms with van der Waals surface area (Å²) in [4.78, 5) is 14.8. The molecule has 0 bridgehead atoms. The van der Waals surface area contributed by atoms with Crippen molar-refractivity contribution in [2.45, 2.75) is 26.7 Å². The highest BCUT2D eigenvalue weighted by molar-refractivity contribution is 5.73. The summed E-state index contributed by atoms with van der Waals surface area (Å²) < 4.78 is 30.0. The van der Waals surface area contributed by atoms with Gasteiger partial charge < -0.3 is 9.84 Å². The van der Waals surface area contributed by atoms with E-state index in [-0.39, 0.29) is 30.0 Å². The number of carbonyl (C=O) groups is 1. The maximum Gasteiger partial charge on any atom is 0.310 e. The van der Waals surface area contributed by atoms with Crippen molar-refractivity contribution >= 4 is 5.97 Å². The van der Waals surface area contributed by atoms with Crippen LogP contribution < -0.4 is 0 Å². The summed E-state index contributed by atoms with van der Waals surface area (Å²) in [5.41, 5.74) is -0.400. The molecule has 0 aromatic carbocycles. The van der Waals surface area contributed by atoms with Crippen LogP contribution in [0.25, 0.3) is 0 Å². The Bertz CT molecular complexity index is 421. The number of aromatic hydroxyl groups is 1. The zero-order chi connectivity index (χ0) is 13.0. The number of nitrogens with zero attached hydrogens (tertiary/aromatic N) is 1. The SMILES string of the molecule is CCOC(=O)Cc1cc(O)c(C)nc1C(F)F. The van der Waals surface area contributed by atoms with Crippen LogP contribution in [-0.2, 0) is 16.0 Å². The van der Waals surface area contributed by atoms with Crippen molar-refractivity contribution in [2.24, 2.45) is 0 Å². The maximum absolute atomic E-state index is 12.7. The van der Waals surface area contributed by atoms with Gasteiger partial charge in [-0.25, -0.2) is 13.8 Å². The topological polar surface area (TPSA) is 59.4 Å². The molecule has 6 heteroatoms. The van der Waals surface area contributed by atoms with Crippen LogP contribution in [0.5, 0.6) is 5.75 Å². The average molecular weight is 245 g/mol. The summed E-state index contributed by atoms with van der Waals surface area (Å²) in [5, 5.41) is 9.39. The number of ether oxygens (including phenoxy) is 1. The fourth-order valence-electron chi connectivity index (χ4n) is 1.35. The second kappa shape index (κ2) is 5.56. The molecule has 94 valence electrons. The van der Waals surface area contributed by atoms with Gasteiger partial charge in [-0.2, -0.15) is 0 Å². The number of rotatable bonds is 4. The van der Waals surface area contributed by atoms with Crippen LogP contribution in [0, 0.1) is 6.92 Å². The lowest BCUT2D eigenvalue weighted by atomic mass is 10.1. The third kappa shape index (κ3) is 3.37. The van der Waals surface area contributed by atoms with E-state index >= 15 is 0 Å². The molecule has 0 spiro atoms. The predicted octanol–water partition coefficient (Wildman–Crippen LogP) is 2.14. The van der Waals surface area contributed by atoms with Gasteiger partial charge in [-0.1, -0.05) is 0 Å². The molecule has 0 atom stereocenters. The molecule has 0 amide bonds. The molecule has 0 unspecified atom stereocenters. The van der Waals surface area contributed by atoms with E-state index in [1.807, 2.05) is 0 Å². The van der Waals surface area contributed by atoms with Crippen LogP contribution >= 0.6 is 0 Å². The molecule has 17 heavy (non-hydrogen) atoms. The zero-order valence-electron chi connectivity index (χ0n) is 9.54. The fourth-order valence-corrected chi connectivity index (χ4v) is 1.35. The van der Waals surface area contributed by atoms with Gasteiger partial charge in [-0.15, -0.1) is 0 Å². The Morgan fingerprint density at radius 2 is 2.24 bits per heavy atom. The number of aromatic nitrogens is 1. The number of carbonyl (C=O) groups excluding carboxylic acids is 1. The molecule has 0 aliphatic heterocycles. The number of pyridine rings is 1. The molecule has 0 saturated carbocycles. The fraction of sp³-hybridized carbons (Fsp3) is 0.455. The minimum atomic E-state index is -2.79. The zero-order valence-corrected chi connectivity index (χ0v) is 9.54. The minimum Gasteiger partial charge on any atom is -0.506 e. The third-order valence-electron chi connectivity index (χ3n) is 2.15. The number of esters is 1. The summed E-state index contributed by atoms with van der Waals surface area (Å²) in [5.74, 6) is -0.840. The van der Waals surface area contributed by atoms with E-state index < -0.39 is 18.1 Å². The van der Waals surface area contributed by atoms with Crippen molar-refractivity contribution in [3.05, 3.63) is 23.0 Å². The second-order valence-electron chi connectivity index (χ2n) is 3.42. The number of hydrogen-bond acceptors (Lipinski definition) is 4. The van der Waals surface area contributed by atoms with E-state index in [1.54, 1.807) is 6.92 Å². The molecule has 1 aromatic rings. The van der Waals surface area contributed by atoms with Gasteiger partial charge in [0, 0.05) is 0 Å². The monoisotopic (exact) mass is 245 g/mol. The highest BCUT2D eigenvalue weighted by Gasteiger charge is 2.19. The van der Waals surface area contributed by atoms with E-state index in [0.717, 1.165) is 6.07 Å². The third-order valence-corrected chi connectivity index (χ3v) is 2.15. The molecule has 4 nitrogen and oxygen atoms in total. The number of aryl methyl sites for hydroxylation is 1. The maximum atomic E-state index is 12.7. The van der Waals surface area contributed by atoms with Crippen LogP contribution in [-0.4, -0.2) is 22.7 Å². The van der Waals surface area contributed by atoms with E-state index in [4.69, 9.17) is 0 Å². The van der Waals surface area contributed by atoms with E-state index in [0.29, 0.717) is 0 Å². The Kier molecular flexibility index (Phi) is 4.37. The largest absolute Gasteiger partial charge is 0.506 e. The Morgan fingerprint density at radius 3 is 2.76 bits per heavy atom. The molecule has 0 saturated heterocycles. The van der Waals surface area contributed by atoms with E-state index in [2.05, 4.69) is 9.72 Å². The molecule has 0 fully saturated rings. The lowest BCUT2D eigenvalue weighted by molar-refractivity contribution is -0.142. The van der Waals surface area contributed by atoms with Crippen LogP contribution in [0.1, 0.15) is 30.3 Å². The first-order valence-corrected chi connectivity index (χ1v) is 5.08. The van der Waals surface area contributed by atoms with E-state index in [9.17, 15) is 18.7 Å². The van der Waals surface area contributed by atoms with Gasteiger partial charge in [0.2, 0.25) is 0 Å². The van der Waals surface area contributed by atoms with Gasteiger partial charge in [0.25, 0.3) is 6.43 Å². The van der Waals surface area contributed by atoms with Gasteiger partial charge in [0.15, 0.2) is 0 Å². The van der Waals surface area contributed by atoms with Gasteiger partial charge in [0.05, 0.1) is 18.7 Å². The standard InChI is InChI=1S/C11H13F2NO3/c1-3-17-9(16)5-7-4-8(15)6(2)14-10(7)11(12)13/h4,11,15H,3,5H2,1-2H3. The number of hydrogen-bond donors (Lipinski definition) is 1. The van der Waals surface area contributed by atoms with Crippen LogP contribution in [0.15, 0.2) is 6.07 Å². The molecular weight excluding hydrogens is 232 g/mol. The summed E-state index contributed by atoms with van der Waals surface area (Å²) in [6.07, 6.45) is -3.12. The van der Waals surface area contributed by atoms with Gasteiger partial charge in [-0.3, -0.25) is 4.79 Å². The molecule has 1 aromatic heterocycles. The normalized spacial score (nSPS) is 10.6. The lowest BCUT2D eigenvalue weighted by Gasteiger charge is -2.10. The predicted molar refractivity (Wildman–Crippen MR) is 55.9 cm³/mol. The number of halogens is 2. The number of alkyl halides is 2. The summed E-state index contributed by atoms with van der Waals surface area (Å²) in [6, 6.07) is 1.13. The molecule has 0 aliphatic rings. The smallest absolute Gasteiger partial charge is 0.310 e. The Hall–Kier alpha value is -1.72. The first-order valence-electron chi connectivity index (χ1n) is 5.08. The van der Waals surface area contributed by atoms with Crippen LogP contribution in [0.3, 0.4) is 0 Å². The van der Waals surface area contributed by atoms with Crippen molar-refractivity contribution < 1.29 is 23.4 Å². The van der Waals surface area contributed by atoms with Crippen molar-refractivity contribution in [1.29, 1.82) is 0 Å².